The van der Waals surface area contributed by atoms with Crippen LogP contribution in [0.2, 0.25) is 5.02 Å². The number of aromatic nitrogens is 1. The zero-order valence-corrected chi connectivity index (χ0v) is 24.4. The SMILES string of the molecule is CCOC(=O)c1c(NC(=O)CS(=O)(=O)CC(=O)N=c2sc3cc(Cl)ccc3n2CC)sc2c1CCC(C)C2. The summed E-state index contributed by atoms with van der Waals surface area (Å²) in [6.07, 6.45) is 2.37. The van der Waals surface area contributed by atoms with E-state index in [2.05, 4.69) is 17.2 Å². The quantitative estimate of drug-likeness (QED) is 0.388. The van der Waals surface area contributed by atoms with Crippen molar-refractivity contribution in [1.82, 2.24) is 4.57 Å². The number of nitrogens with zero attached hydrogens (tertiary/aromatic N) is 2. The summed E-state index contributed by atoms with van der Waals surface area (Å²) in [6.45, 7) is 6.41. The second kappa shape index (κ2) is 11.7. The average Bonchev–Trinajstić information content (AvgIpc) is 3.33. The predicted octanol–water partition coefficient (Wildman–Crippen LogP) is 4.22. The lowest BCUT2D eigenvalue weighted by molar-refractivity contribution is -0.115. The van der Waals surface area contributed by atoms with Crippen LogP contribution in [0, 0.1) is 5.92 Å². The topological polar surface area (TPSA) is 124 Å². The molecule has 4 rings (SSSR count). The van der Waals surface area contributed by atoms with Crippen LogP contribution in [0.4, 0.5) is 5.00 Å². The largest absolute Gasteiger partial charge is 0.462 e. The second-order valence-corrected chi connectivity index (χ2v) is 13.7. The number of thiazole rings is 1. The summed E-state index contributed by atoms with van der Waals surface area (Å²) >= 11 is 8.56. The number of hydrogen-bond donors (Lipinski definition) is 1. The van der Waals surface area contributed by atoms with Gasteiger partial charge in [-0.05, 0) is 62.8 Å². The van der Waals surface area contributed by atoms with E-state index < -0.39 is 39.1 Å². The van der Waals surface area contributed by atoms with E-state index in [9.17, 15) is 22.8 Å². The van der Waals surface area contributed by atoms with Gasteiger partial charge in [-0.2, -0.15) is 4.99 Å². The molecule has 2 aromatic heterocycles. The molecular formula is C25H28ClN3O6S3. The number of fused-ring (bicyclic) bond motifs is 2. The van der Waals surface area contributed by atoms with Crippen LogP contribution in [0.5, 0.6) is 0 Å². The van der Waals surface area contributed by atoms with Crippen LogP contribution in [-0.4, -0.2) is 48.9 Å². The van der Waals surface area contributed by atoms with E-state index in [1.54, 1.807) is 23.6 Å². The number of ether oxygens (including phenoxy) is 1. The Morgan fingerprint density at radius 1 is 1.21 bits per heavy atom. The number of amides is 2. The lowest BCUT2D eigenvalue weighted by Crippen LogP contribution is -2.28. The highest BCUT2D eigenvalue weighted by Gasteiger charge is 2.30. The molecule has 0 radical (unpaired) electrons. The molecule has 0 saturated heterocycles. The van der Waals surface area contributed by atoms with Crippen LogP contribution in [-0.2, 0) is 43.5 Å². The summed E-state index contributed by atoms with van der Waals surface area (Å²) < 4.78 is 33.2. The van der Waals surface area contributed by atoms with Gasteiger partial charge in [-0.25, -0.2) is 13.2 Å². The highest BCUT2D eigenvalue weighted by Crippen LogP contribution is 2.40. The van der Waals surface area contributed by atoms with Crippen LogP contribution in [0.15, 0.2) is 23.2 Å². The Morgan fingerprint density at radius 2 is 1.97 bits per heavy atom. The Kier molecular flexibility index (Phi) is 8.75. The fourth-order valence-electron chi connectivity index (χ4n) is 4.44. The van der Waals surface area contributed by atoms with Crippen molar-refractivity contribution < 1.29 is 27.5 Å². The van der Waals surface area contributed by atoms with Crippen molar-refractivity contribution >= 4 is 77.1 Å². The van der Waals surface area contributed by atoms with Gasteiger partial charge in [0.1, 0.15) is 16.5 Å². The Labute approximate surface area is 233 Å². The summed E-state index contributed by atoms with van der Waals surface area (Å²) in [5.74, 6) is -3.62. The molecule has 0 fully saturated rings. The maximum Gasteiger partial charge on any atom is 0.341 e. The van der Waals surface area contributed by atoms with Gasteiger partial charge in [0.05, 0.1) is 22.4 Å². The van der Waals surface area contributed by atoms with E-state index in [0.717, 1.165) is 33.5 Å². The summed E-state index contributed by atoms with van der Waals surface area (Å²) in [5, 5.41) is 3.41. The van der Waals surface area contributed by atoms with E-state index in [1.165, 1.54) is 22.7 Å². The Balaban J connectivity index is 1.50. The van der Waals surface area contributed by atoms with Gasteiger partial charge in [0.15, 0.2) is 14.6 Å². The van der Waals surface area contributed by atoms with Gasteiger partial charge in [0.25, 0.3) is 5.91 Å². The summed E-state index contributed by atoms with van der Waals surface area (Å²) in [7, 11) is -4.12. The average molecular weight is 598 g/mol. The molecule has 0 saturated carbocycles. The number of benzene rings is 1. The van der Waals surface area contributed by atoms with Crippen molar-refractivity contribution in [2.24, 2.45) is 10.9 Å². The van der Waals surface area contributed by atoms with E-state index in [4.69, 9.17) is 16.3 Å². The van der Waals surface area contributed by atoms with Crippen LogP contribution >= 0.6 is 34.3 Å². The minimum atomic E-state index is -4.12. The molecule has 9 nitrogen and oxygen atoms in total. The van der Waals surface area contributed by atoms with Gasteiger partial charge in [0.2, 0.25) is 5.91 Å². The smallest absolute Gasteiger partial charge is 0.341 e. The summed E-state index contributed by atoms with van der Waals surface area (Å²) in [6, 6.07) is 5.30. The molecule has 204 valence electrons. The molecule has 3 aromatic rings. The number of rotatable bonds is 8. The van der Waals surface area contributed by atoms with E-state index in [0.29, 0.717) is 34.3 Å². The molecule has 1 N–H and O–H groups in total. The van der Waals surface area contributed by atoms with Crippen molar-refractivity contribution in [3.8, 4) is 0 Å². The summed E-state index contributed by atoms with van der Waals surface area (Å²) in [5.41, 5.74) is 1.98. The third-order valence-electron chi connectivity index (χ3n) is 6.12. The second-order valence-electron chi connectivity index (χ2n) is 9.10. The first-order valence-corrected chi connectivity index (χ1v) is 16.0. The number of nitrogens with one attached hydrogen (secondary N) is 1. The van der Waals surface area contributed by atoms with Crippen LogP contribution in [0.3, 0.4) is 0 Å². The molecule has 13 heteroatoms. The molecule has 1 aromatic carbocycles. The molecular weight excluding hydrogens is 570 g/mol. The molecule has 2 heterocycles. The Hall–Kier alpha value is -2.54. The van der Waals surface area contributed by atoms with Crippen molar-refractivity contribution in [2.75, 3.05) is 23.4 Å². The number of sulfone groups is 1. The van der Waals surface area contributed by atoms with Gasteiger partial charge in [-0.1, -0.05) is 29.9 Å². The lowest BCUT2D eigenvalue weighted by Gasteiger charge is -2.18. The number of carbonyl (C=O) groups excluding carboxylic acids is 3. The number of hydrogen-bond acceptors (Lipinski definition) is 8. The number of esters is 1. The molecule has 2 amide bonds. The fourth-order valence-corrected chi connectivity index (χ4v) is 8.25. The third-order valence-corrected chi connectivity index (χ3v) is 9.95. The predicted molar refractivity (Wildman–Crippen MR) is 150 cm³/mol. The molecule has 0 bridgehead atoms. The number of carbonyl (C=O) groups is 3. The molecule has 38 heavy (non-hydrogen) atoms. The fraction of sp³-hybridized carbons (Fsp3) is 0.440. The zero-order chi connectivity index (χ0) is 27.6. The number of aryl methyl sites for hydroxylation is 1. The van der Waals surface area contributed by atoms with Crippen LogP contribution in [0.1, 0.15) is 48.0 Å². The van der Waals surface area contributed by atoms with Crippen molar-refractivity contribution in [3.05, 3.63) is 44.0 Å². The molecule has 1 atom stereocenters. The minimum absolute atomic E-state index is 0.179. The Bertz CT molecular complexity index is 1590. The zero-order valence-electron chi connectivity index (χ0n) is 21.2. The lowest BCUT2D eigenvalue weighted by atomic mass is 9.88. The van der Waals surface area contributed by atoms with Gasteiger partial charge in [-0.15, -0.1) is 11.3 Å². The molecule has 0 spiro atoms. The summed E-state index contributed by atoms with van der Waals surface area (Å²) in [4.78, 5) is 43.3. The van der Waals surface area contributed by atoms with Crippen LogP contribution in [0.25, 0.3) is 10.2 Å². The van der Waals surface area contributed by atoms with Gasteiger partial charge in [0, 0.05) is 16.4 Å². The third kappa shape index (κ3) is 6.36. The first-order valence-electron chi connectivity index (χ1n) is 12.2. The van der Waals surface area contributed by atoms with E-state index >= 15 is 0 Å². The molecule has 1 aliphatic carbocycles. The molecule has 1 unspecified atom stereocenters. The first kappa shape index (κ1) is 28.5. The normalized spacial score (nSPS) is 15.9. The minimum Gasteiger partial charge on any atom is -0.462 e. The number of anilines is 1. The first-order chi connectivity index (χ1) is 18.0. The number of halogens is 1. The van der Waals surface area contributed by atoms with Crippen molar-refractivity contribution in [1.29, 1.82) is 0 Å². The standard InChI is InChI=1S/C25H28ClN3O6S3/c1-4-29-17-9-7-15(26)11-19(17)37-25(29)28-21(31)13-38(33,34)12-20(30)27-23-22(24(32)35-5-2)16-8-6-14(3)10-18(16)36-23/h7,9,11,14H,4-6,8,10,12-13H2,1-3H3,(H,27,30). The monoisotopic (exact) mass is 597 g/mol. The van der Waals surface area contributed by atoms with Gasteiger partial charge in [-0.3, -0.25) is 9.59 Å². The highest BCUT2D eigenvalue weighted by atomic mass is 35.5. The highest BCUT2D eigenvalue weighted by molar-refractivity contribution is 7.92. The number of thiophene rings is 1. The Morgan fingerprint density at radius 3 is 2.68 bits per heavy atom. The van der Waals surface area contributed by atoms with Crippen molar-refractivity contribution in [2.45, 2.75) is 46.6 Å². The maximum atomic E-state index is 12.7. The van der Waals surface area contributed by atoms with Crippen molar-refractivity contribution in [3.63, 3.8) is 0 Å². The van der Waals surface area contributed by atoms with Gasteiger partial charge < -0.3 is 14.6 Å². The van der Waals surface area contributed by atoms with E-state index in [1.807, 2.05) is 13.0 Å². The maximum absolute atomic E-state index is 12.7. The molecule has 0 aliphatic heterocycles. The molecule has 1 aliphatic rings. The van der Waals surface area contributed by atoms with Gasteiger partial charge >= 0.3 is 5.97 Å². The van der Waals surface area contributed by atoms with E-state index in [-0.39, 0.29) is 11.6 Å². The van der Waals surface area contributed by atoms with Crippen LogP contribution < -0.4 is 10.1 Å².